The normalized spacial score (nSPS) is 11.9. The van der Waals surface area contributed by atoms with Gasteiger partial charge in [0.2, 0.25) is 5.91 Å². The number of aromatic carboxylic acids is 1. The molecular formula is C14H14N2O3S. The van der Waals surface area contributed by atoms with Gasteiger partial charge in [0, 0.05) is 11.1 Å². The Morgan fingerprint density at radius 1 is 1.35 bits per heavy atom. The Morgan fingerprint density at radius 2 is 2.05 bits per heavy atom. The van der Waals surface area contributed by atoms with E-state index in [1.54, 1.807) is 6.92 Å². The van der Waals surface area contributed by atoms with Crippen LogP contribution in [-0.4, -0.2) is 22.0 Å². The summed E-state index contributed by atoms with van der Waals surface area (Å²) in [4.78, 5) is 26.9. The van der Waals surface area contributed by atoms with E-state index in [1.807, 2.05) is 31.2 Å². The molecule has 1 atom stereocenters. The highest BCUT2D eigenvalue weighted by Gasteiger charge is 2.20. The van der Waals surface area contributed by atoms with Crippen LogP contribution < -0.4 is 5.32 Å². The molecule has 0 radical (unpaired) electrons. The van der Waals surface area contributed by atoms with Crippen molar-refractivity contribution < 1.29 is 14.7 Å². The fourth-order valence-corrected chi connectivity index (χ4v) is 2.50. The number of hydrogen-bond donors (Lipinski definition) is 2. The van der Waals surface area contributed by atoms with E-state index in [-0.39, 0.29) is 11.6 Å². The fraction of sp³-hybridized carbons (Fsp3) is 0.214. The van der Waals surface area contributed by atoms with Gasteiger partial charge >= 0.3 is 5.97 Å². The molecule has 0 bridgehead atoms. The van der Waals surface area contributed by atoms with Gasteiger partial charge in [0.1, 0.15) is 5.01 Å². The zero-order valence-electron chi connectivity index (χ0n) is 11.1. The van der Waals surface area contributed by atoms with Crippen LogP contribution in [0.1, 0.15) is 33.9 Å². The molecule has 0 unspecified atom stereocenters. The highest BCUT2D eigenvalue weighted by atomic mass is 32.1. The summed E-state index contributed by atoms with van der Waals surface area (Å²) in [5.41, 5.74) is 1.69. The van der Waals surface area contributed by atoms with Crippen LogP contribution in [0.25, 0.3) is 0 Å². The third kappa shape index (κ3) is 3.03. The van der Waals surface area contributed by atoms with Crippen molar-refractivity contribution in [3.8, 4) is 0 Å². The summed E-state index contributed by atoms with van der Waals surface area (Å²) in [6, 6.07) is 7.48. The Bertz CT molecular complexity index is 651. The predicted octanol–water partition coefficient (Wildman–Crippen LogP) is 2.89. The van der Waals surface area contributed by atoms with Crippen molar-refractivity contribution in [2.45, 2.75) is 19.8 Å². The number of carboxylic acid groups (broad SMARTS) is 1. The number of nitrogens with zero attached hydrogens (tertiary/aromatic N) is 1. The van der Waals surface area contributed by atoms with E-state index < -0.39 is 11.9 Å². The van der Waals surface area contributed by atoms with Crippen molar-refractivity contribution in [1.29, 1.82) is 0 Å². The van der Waals surface area contributed by atoms with Gasteiger partial charge in [-0.25, -0.2) is 9.78 Å². The van der Waals surface area contributed by atoms with Gasteiger partial charge < -0.3 is 10.4 Å². The van der Waals surface area contributed by atoms with Gasteiger partial charge in [-0.15, -0.1) is 11.3 Å². The quantitative estimate of drug-likeness (QED) is 0.907. The van der Waals surface area contributed by atoms with E-state index in [0.29, 0.717) is 5.01 Å². The summed E-state index contributed by atoms with van der Waals surface area (Å²) in [5.74, 6) is -1.78. The lowest BCUT2D eigenvalue weighted by atomic mass is 10.1. The molecule has 1 amide bonds. The van der Waals surface area contributed by atoms with E-state index in [4.69, 9.17) is 5.11 Å². The van der Waals surface area contributed by atoms with Crippen molar-refractivity contribution in [2.24, 2.45) is 0 Å². The molecule has 0 aliphatic carbocycles. The molecule has 0 aliphatic rings. The maximum Gasteiger partial charge on any atom is 0.355 e. The number of carbonyl (C=O) groups excluding carboxylic acids is 1. The molecule has 20 heavy (non-hydrogen) atoms. The molecule has 2 N–H and O–H groups in total. The number of benzene rings is 1. The molecule has 1 aromatic carbocycles. The first-order chi connectivity index (χ1) is 9.49. The van der Waals surface area contributed by atoms with Crippen LogP contribution in [0.5, 0.6) is 0 Å². The van der Waals surface area contributed by atoms with Crippen LogP contribution in [0.15, 0.2) is 29.6 Å². The number of anilines is 1. The highest BCUT2D eigenvalue weighted by molar-refractivity contribution is 7.10. The number of aryl methyl sites for hydroxylation is 1. The Hall–Kier alpha value is -2.21. The smallest absolute Gasteiger partial charge is 0.355 e. The van der Waals surface area contributed by atoms with Crippen LogP contribution in [-0.2, 0) is 4.79 Å². The number of rotatable bonds is 4. The van der Waals surface area contributed by atoms with Crippen molar-refractivity contribution in [1.82, 2.24) is 4.98 Å². The minimum Gasteiger partial charge on any atom is -0.476 e. The molecule has 1 aromatic heterocycles. The molecule has 2 aromatic rings. The molecule has 104 valence electrons. The molecule has 0 saturated heterocycles. The van der Waals surface area contributed by atoms with Crippen molar-refractivity contribution >= 4 is 28.9 Å². The second kappa shape index (κ2) is 5.83. The zero-order chi connectivity index (χ0) is 14.7. The zero-order valence-corrected chi connectivity index (χ0v) is 11.9. The van der Waals surface area contributed by atoms with Crippen molar-refractivity contribution in [3.63, 3.8) is 0 Å². The van der Waals surface area contributed by atoms with Gasteiger partial charge in [-0.1, -0.05) is 18.2 Å². The van der Waals surface area contributed by atoms with E-state index in [9.17, 15) is 9.59 Å². The summed E-state index contributed by atoms with van der Waals surface area (Å²) in [5, 5.41) is 13.6. The van der Waals surface area contributed by atoms with Crippen molar-refractivity contribution in [3.05, 3.63) is 45.9 Å². The van der Waals surface area contributed by atoms with Crippen LogP contribution in [0, 0.1) is 6.92 Å². The number of aromatic nitrogens is 1. The summed E-state index contributed by atoms with van der Waals surface area (Å²) in [6.45, 7) is 3.62. The topological polar surface area (TPSA) is 79.3 Å². The summed E-state index contributed by atoms with van der Waals surface area (Å²) < 4.78 is 0. The minimum atomic E-state index is -1.08. The van der Waals surface area contributed by atoms with Crippen LogP contribution in [0.4, 0.5) is 5.69 Å². The first kappa shape index (κ1) is 14.2. The number of nitrogens with one attached hydrogen (secondary N) is 1. The van der Waals surface area contributed by atoms with E-state index >= 15 is 0 Å². The lowest BCUT2D eigenvalue weighted by molar-refractivity contribution is -0.117. The average molecular weight is 290 g/mol. The number of carboxylic acids is 1. The Balaban J connectivity index is 2.12. The van der Waals surface area contributed by atoms with E-state index in [2.05, 4.69) is 10.3 Å². The average Bonchev–Trinajstić information content (AvgIpc) is 2.90. The van der Waals surface area contributed by atoms with Gasteiger partial charge in [-0.3, -0.25) is 4.79 Å². The standard InChI is InChI=1S/C14H14N2O3S/c1-8-5-3-4-6-10(8)15-12(17)9(2)13-16-11(7-20-13)14(18)19/h3-7,9H,1-2H3,(H,15,17)(H,18,19)/t9-/m0/s1. The van der Waals surface area contributed by atoms with E-state index in [1.165, 1.54) is 16.7 Å². The summed E-state index contributed by atoms with van der Waals surface area (Å²) in [7, 11) is 0. The lowest BCUT2D eigenvalue weighted by Crippen LogP contribution is -2.19. The van der Waals surface area contributed by atoms with Crippen molar-refractivity contribution in [2.75, 3.05) is 5.32 Å². The Kier molecular flexibility index (Phi) is 4.14. The number of carbonyl (C=O) groups is 2. The van der Waals surface area contributed by atoms with Gasteiger partial charge in [0.05, 0.1) is 5.92 Å². The second-order valence-electron chi connectivity index (χ2n) is 4.40. The number of hydrogen-bond acceptors (Lipinski definition) is 4. The van der Waals surface area contributed by atoms with Gasteiger partial charge in [0.25, 0.3) is 0 Å². The monoisotopic (exact) mass is 290 g/mol. The van der Waals surface area contributed by atoms with Crippen LogP contribution >= 0.6 is 11.3 Å². The molecule has 6 heteroatoms. The molecule has 0 fully saturated rings. The number of amides is 1. The maximum atomic E-state index is 12.2. The van der Waals surface area contributed by atoms with Crippen LogP contribution in [0.3, 0.4) is 0 Å². The predicted molar refractivity (Wildman–Crippen MR) is 77.3 cm³/mol. The summed E-state index contributed by atoms with van der Waals surface area (Å²) >= 11 is 1.18. The Labute approximate surface area is 120 Å². The van der Waals surface area contributed by atoms with E-state index in [0.717, 1.165) is 11.3 Å². The SMILES string of the molecule is Cc1ccccc1NC(=O)[C@H](C)c1nc(C(=O)O)cs1. The van der Waals surface area contributed by atoms with Gasteiger partial charge in [-0.2, -0.15) is 0 Å². The summed E-state index contributed by atoms with van der Waals surface area (Å²) in [6.07, 6.45) is 0. The first-order valence-corrected chi connectivity index (χ1v) is 6.92. The Morgan fingerprint density at radius 3 is 2.65 bits per heavy atom. The number of para-hydroxylation sites is 1. The van der Waals surface area contributed by atoms with Crippen LogP contribution in [0.2, 0.25) is 0 Å². The first-order valence-electron chi connectivity index (χ1n) is 6.04. The highest BCUT2D eigenvalue weighted by Crippen LogP contribution is 2.23. The second-order valence-corrected chi connectivity index (χ2v) is 5.29. The minimum absolute atomic E-state index is 0.0273. The largest absolute Gasteiger partial charge is 0.476 e. The van der Waals surface area contributed by atoms with Gasteiger partial charge in [0.15, 0.2) is 5.69 Å². The molecule has 0 spiro atoms. The lowest BCUT2D eigenvalue weighted by Gasteiger charge is -2.11. The van der Waals surface area contributed by atoms with Gasteiger partial charge in [-0.05, 0) is 25.5 Å². The third-order valence-corrected chi connectivity index (χ3v) is 3.94. The maximum absolute atomic E-state index is 12.2. The molecule has 0 aliphatic heterocycles. The third-order valence-electron chi connectivity index (χ3n) is 2.91. The molecule has 0 saturated carbocycles. The fourth-order valence-electron chi connectivity index (χ4n) is 1.65. The molecule has 1 heterocycles. The molecular weight excluding hydrogens is 276 g/mol. The molecule has 5 nitrogen and oxygen atoms in total. The number of thiazole rings is 1. The molecule has 2 rings (SSSR count).